The molecule has 4 nitrogen and oxygen atoms in total. The van der Waals surface area contributed by atoms with E-state index in [1.807, 2.05) is 17.5 Å². The molecule has 0 fully saturated rings. The van der Waals surface area contributed by atoms with Crippen molar-refractivity contribution in [2.24, 2.45) is 0 Å². The second-order valence-corrected chi connectivity index (χ2v) is 7.13. The maximum Gasteiger partial charge on any atom is 0.311 e. The molecule has 0 aliphatic rings. The number of hydrogen-bond donors (Lipinski definition) is 1. The summed E-state index contributed by atoms with van der Waals surface area (Å²) >= 11 is 3.17. The number of esters is 1. The molecule has 6 heteroatoms. The highest BCUT2D eigenvalue weighted by molar-refractivity contribution is 7.99. The summed E-state index contributed by atoms with van der Waals surface area (Å²) in [4.78, 5) is 25.3. The summed E-state index contributed by atoms with van der Waals surface area (Å²) in [5, 5.41) is 4.65. The molecule has 0 aliphatic heterocycles. The minimum Gasteiger partial charge on any atom is -0.455 e. The van der Waals surface area contributed by atoms with E-state index >= 15 is 0 Å². The highest BCUT2D eigenvalue weighted by atomic mass is 32.2. The minimum absolute atomic E-state index is 0.216. The molecule has 1 amide bonds. The van der Waals surface area contributed by atoms with Gasteiger partial charge in [0.2, 0.25) is 0 Å². The van der Waals surface area contributed by atoms with Crippen molar-refractivity contribution in [2.45, 2.75) is 18.2 Å². The van der Waals surface area contributed by atoms with Crippen molar-refractivity contribution in [3.63, 3.8) is 0 Å². The molecular weight excluding hydrogens is 330 g/mol. The van der Waals surface area contributed by atoms with Crippen molar-refractivity contribution < 1.29 is 14.3 Å². The Hall–Kier alpha value is -1.79. The molecule has 0 saturated heterocycles. The second-order valence-electron chi connectivity index (χ2n) is 4.93. The van der Waals surface area contributed by atoms with Gasteiger partial charge in [-0.1, -0.05) is 23.8 Å². The van der Waals surface area contributed by atoms with Gasteiger partial charge in [0.15, 0.2) is 6.61 Å². The van der Waals surface area contributed by atoms with Crippen LogP contribution in [-0.4, -0.2) is 30.8 Å². The number of rotatable bonds is 8. The summed E-state index contributed by atoms with van der Waals surface area (Å²) in [6, 6.07) is 12.0. The van der Waals surface area contributed by atoms with E-state index in [-0.39, 0.29) is 24.9 Å². The molecule has 0 saturated carbocycles. The van der Waals surface area contributed by atoms with Crippen molar-refractivity contribution in [3.05, 3.63) is 52.2 Å². The lowest BCUT2D eigenvalue weighted by atomic mass is 10.2. The van der Waals surface area contributed by atoms with Gasteiger partial charge in [0, 0.05) is 22.1 Å². The van der Waals surface area contributed by atoms with Crippen LogP contribution in [0.15, 0.2) is 46.7 Å². The van der Waals surface area contributed by atoms with E-state index in [1.54, 1.807) is 11.8 Å². The Morgan fingerprint density at radius 3 is 2.70 bits per heavy atom. The fourth-order valence-electron chi connectivity index (χ4n) is 1.80. The SMILES string of the molecule is Cc1ccc(SCCNC(=O)COC(=O)Cc2cccs2)cc1. The zero-order chi connectivity index (χ0) is 16.5. The summed E-state index contributed by atoms with van der Waals surface area (Å²) in [6.45, 7) is 2.37. The first-order valence-electron chi connectivity index (χ1n) is 7.27. The molecule has 2 aromatic rings. The topological polar surface area (TPSA) is 55.4 Å². The van der Waals surface area contributed by atoms with E-state index in [0.29, 0.717) is 6.54 Å². The van der Waals surface area contributed by atoms with Crippen LogP contribution >= 0.6 is 23.1 Å². The Bertz CT molecular complexity index is 624. The lowest BCUT2D eigenvalue weighted by Crippen LogP contribution is -2.30. The summed E-state index contributed by atoms with van der Waals surface area (Å²) < 4.78 is 4.95. The summed E-state index contributed by atoms with van der Waals surface area (Å²) in [6.07, 6.45) is 0.216. The molecule has 0 atom stereocenters. The van der Waals surface area contributed by atoms with E-state index in [2.05, 4.69) is 36.5 Å². The Morgan fingerprint density at radius 2 is 2.00 bits per heavy atom. The molecule has 122 valence electrons. The van der Waals surface area contributed by atoms with Crippen LogP contribution in [0.3, 0.4) is 0 Å². The Kier molecular flexibility index (Phi) is 7.16. The van der Waals surface area contributed by atoms with Crippen molar-refractivity contribution >= 4 is 35.0 Å². The van der Waals surface area contributed by atoms with Crippen molar-refractivity contribution in [1.82, 2.24) is 5.32 Å². The van der Waals surface area contributed by atoms with Crippen molar-refractivity contribution in [1.29, 1.82) is 0 Å². The van der Waals surface area contributed by atoms with Crippen LogP contribution in [-0.2, 0) is 20.7 Å². The number of carbonyl (C=O) groups is 2. The van der Waals surface area contributed by atoms with Crippen LogP contribution in [0.25, 0.3) is 0 Å². The molecule has 1 aromatic heterocycles. The van der Waals surface area contributed by atoms with Gasteiger partial charge in [0.05, 0.1) is 6.42 Å². The first-order chi connectivity index (χ1) is 11.1. The lowest BCUT2D eigenvalue weighted by molar-refractivity contribution is -0.147. The Morgan fingerprint density at radius 1 is 1.22 bits per heavy atom. The third kappa shape index (κ3) is 6.88. The molecule has 2 rings (SSSR count). The standard InChI is InChI=1S/C17H19NO3S2/c1-13-4-6-14(7-5-13)23-10-8-18-16(19)12-21-17(20)11-15-3-2-9-22-15/h2-7,9H,8,10-12H2,1H3,(H,18,19). The summed E-state index contributed by atoms with van der Waals surface area (Å²) in [7, 11) is 0. The maximum absolute atomic E-state index is 11.6. The average molecular weight is 349 g/mol. The number of ether oxygens (including phenoxy) is 1. The van der Waals surface area contributed by atoms with E-state index in [9.17, 15) is 9.59 Å². The van der Waals surface area contributed by atoms with Crippen LogP contribution in [0.2, 0.25) is 0 Å². The summed E-state index contributed by atoms with van der Waals surface area (Å²) in [5.41, 5.74) is 1.23. The number of nitrogens with one attached hydrogen (secondary N) is 1. The number of thiophene rings is 1. The molecule has 0 bridgehead atoms. The van der Waals surface area contributed by atoms with Crippen LogP contribution in [0.4, 0.5) is 0 Å². The molecular formula is C17H19NO3S2. The van der Waals surface area contributed by atoms with Gasteiger partial charge in [-0.2, -0.15) is 0 Å². The number of benzene rings is 1. The fraction of sp³-hybridized carbons (Fsp3) is 0.294. The van der Waals surface area contributed by atoms with Crippen LogP contribution < -0.4 is 5.32 Å². The van der Waals surface area contributed by atoms with Gasteiger partial charge in [-0.3, -0.25) is 9.59 Å². The molecule has 23 heavy (non-hydrogen) atoms. The highest BCUT2D eigenvalue weighted by Gasteiger charge is 2.08. The van der Waals surface area contributed by atoms with Gasteiger partial charge >= 0.3 is 5.97 Å². The average Bonchev–Trinajstić information content (AvgIpc) is 3.04. The fourth-order valence-corrected chi connectivity index (χ4v) is 3.26. The number of amides is 1. The minimum atomic E-state index is -0.378. The summed E-state index contributed by atoms with van der Waals surface area (Å²) in [5.74, 6) is 0.128. The Labute approximate surface area is 144 Å². The van der Waals surface area contributed by atoms with E-state index in [1.165, 1.54) is 21.8 Å². The molecule has 1 heterocycles. The lowest BCUT2D eigenvalue weighted by Gasteiger charge is -2.06. The zero-order valence-corrected chi connectivity index (χ0v) is 14.5. The van der Waals surface area contributed by atoms with Crippen molar-refractivity contribution in [2.75, 3.05) is 18.9 Å². The van der Waals surface area contributed by atoms with Crippen LogP contribution in [0, 0.1) is 6.92 Å². The first-order valence-corrected chi connectivity index (χ1v) is 9.14. The van der Waals surface area contributed by atoms with Gasteiger partial charge in [-0.25, -0.2) is 0 Å². The Balaban J connectivity index is 1.56. The number of hydrogen-bond acceptors (Lipinski definition) is 5. The normalized spacial score (nSPS) is 10.3. The van der Waals surface area contributed by atoms with Crippen LogP contribution in [0.1, 0.15) is 10.4 Å². The molecule has 0 unspecified atom stereocenters. The second kappa shape index (κ2) is 9.37. The smallest absolute Gasteiger partial charge is 0.311 e. The molecule has 0 aliphatic carbocycles. The molecule has 1 N–H and O–H groups in total. The molecule has 0 spiro atoms. The maximum atomic E-state index is 11.6. The largest absolute Gasteiger partial charge is 0.455 e. The third-order valence-corrected chi connectivity index (χ3v) is 4.87. The quantitative estimate of drug-likeness (QED) is 0.452. The van der Waals surface area contributed by atoms with Crippen LogP contribution in [0.5, 0.6) is 0 Å². The third-order valence-electron chi connectivity index (χ3n) is 2.98. The first kappa shape index (κ1) is 17.6. The van der Waals surface area contributed by atoms with Gasteiger partial charge in [-0.05, 0) is 30.5 Å². The van der Waals surface area contributed by atoms with Gasteiger partial charge in [-0.15, -0.1) is 23.1 Å². The highest BCUT2D eigenvalue weighted by Crippen LogP contribution is 2.17. The number of carbonyl (C=O) groups excluding carboxylic acids is 2. The predicted octanol–water partition coefficient (Wildman–Crippen LogP) is 3.05. The zero-order valence-electron chi connectivity index (χ0n) is 12.9. The van der Waals surface area contributed by atoms with Gasteiger partial charge in [0.25, 0.3) is 5.91 Å². The molecule has 1 aromatic carbocycles. The van der Waals surface area contributed by atoms with E-state index < -0.39 is 0 Å². The van der Waals surface area contributed by atoms with Gasteiger partial charge < -0.3 is 10.1 Å². The van der Waals surface area contributed by atoms with E-state index in [4.69, 9.17) is 4.74 Å². The predicted molar refractivity (Wildman–Crippen MR) is 93.9 cm³/mol. The van der Waals surface area contributed by atoms with Crippen molar-refractivity contribution in [3.8, 4) is 0 Å². The number of thioether (sulfide) groups is 1. The number of aryl methyl sites for hydroxylation is 1. The molecule has 0 radical (unpaired) electrons. The van der Waals surface area contributed by atoms with E-state index in [0.717, 1.165) is 10.6 Å². The monoisotopic (exact) mass is 349 g/mol. The van der Waals surface area contributed by atoms with Gasteiger partial charge in [0.1, 0.15) is 0 Å².